The highest BCUT2D eigenvalue weighted by Crippen LogP contribution is 2.44. The molecule has 0 amide bonds. The highest BCUT2D eigenvalue weighted by atomic mass is 79.9. The van der Waals surface area contributed by atoms with Crippen molar-refractivity contribution in [3.05, 3.63) is 34.8 Å². The first kappa shape index (κ1) is 18.7. The van der Waals surface area contributed by atoms with Crippen LogP contribution in [-0.2, 0) is 18.4 Å². The van der Waals surface area contributed by atoms with Crippen LogP contribution in [0.25, 0.3) is 5.65 Å². The third-order valence-corrected chi connectivity index (χ3v) is 6.49. The number of aryl methyl sites for hydroxylation is 2. The lowest BCUT2D eigenvalue weighted by molar-refractivity contribution is 0.479. The van der Waals surface area contributed by atoms with E-state index < -0.39 is 0 Å². The van der Waals surface area contributed by atoms with Crippen LogP contribution in [0.3, 0.4) is 0 Å². The van der Waals surface area contributed by atoms with Crippen molar-refractivity contribution in [1.82, 2.24) is 24.4 Å². The Kier molecular flexibility index (Phi) is 4.75. The van der Waals surface area contributed by atoms with E-state index in [0.29, 0.717) is 29.4 Å². The maximum atomic E-state index is 9.56. The van der Waals surface area contributed by atoms with Crippen LogP contribution in [0, 0.1) is 18.3 Å². The normalized spacial score (nSPS) is 14.9. The lowest BCUT2D eigenvalue weighted by Crippen LogP contribution is -2.19. The number of nitriles is 1. The van der Waals surface area contributed by atoms with E-state index in [4.69, 9.17) is 10.8 Å². The number of nitrogens with zero attached hydrogens (tertiary/aromatic N) is 6. The molecule has 1 fully saturated rings. The minimum Gasteiger partial charge on any atom is -0.382 e. The molecular weight excluding hydrogens is 420 g/mol. The van der Waals surface area contributed by atoms with Crippen molar-refractivity contribution >= 4 is 33.2 Å². The Labute approximate surface area is 171 Å². The Hall–Kier alpha value is -2.60. The molecule has 0 aliphatic heterocycles. The van der Waals surface area contributed by atoms with Gasteiger partial charge in [0.15, 0.2) is 5.65 Å². The van der Waals surface area contributed by atoms with Crippen molar-refractivity contribution in [3.8, 4) is 6.07 Å². The van der Waals surface area contributed by atoms with Crippen LogP contribution >= 0.6 is 15.9 Å². The van der Waals surface area contributed by atoms with Gasteiger partial charge in [0.2, 0.25) is 0 Å². The van der Waals surface area contributed by atoms with Crippen LogP contribution < -0.4 is 11.1 Å². The molecule has 9 heteroatoms. The van der Waals surface area contributed by atoms with Crippen LogP contribution in [0.4, 0.5) is 11.6 Å². The van der Waals surface area contributed by atoms with Crippen molar-refractivity contribution < 1.29 is 0 Å². The molecule has 1 aliphatic carbocycles. The highest BCUT2D eigenvalue weighted by Gasteiger charge is 2.44. The lowest BCUT2D eigenvalue weighted by Gasteiger charge is -2.12. The Balaban J connectivity index is 1.54. The third kappa shape index (κ3) is 3.02. The van der Waals surface area contributed by atoms with E-state index in [0.717, 1.165) is 48.0 Å². The number of nitrogen functional groups attached to an aromatic ring is 1. The second-order valence-electron chi connectivity index (χ2n) is 7.27. The Morgan fingerprint density at radius 2 is 2.18 bits per heavy atom. The molecule has 3 aromatic heterocycles. The molecule has 0 unspecified atom stereocenters. The van der Waals surface area contributed by atoms with Gasteiger partial charge in [-0.2, -0.15) is 20.0 Å². The second-order valence-corrected chi connectivity index (χ2v) is 7.83. The molecule has 3 aromatic rings. The maximum absolute atomic E-state index is 9.56. The van der Waals surface area contributed by atoms with Gasteiger partial charge in [-0.3, -0.25) is 4.68 Å². The molecule has 0 bridgehead atoms. The number of aromatic nitrogens is 5. The summed E-state index contributed by atoms with van der Waals surface area (Å²) < 4.78 is 3.64. The fourth-order valence-electron chi connectivity index (χ4n) is 3.51. The first-order chi connectivity index (χ1) is 13.5. The fraction of sp³-hybridized carbons (Fsp3) is 0.474. The summed E-state index contributed by atoms with van der Waals surface area (Å²) in [6.07, 6.45) is 5.92. The first-order valence-corrected chi connectivity index (χ1v) is 10.6. The molecule has 1 saturated carbocycles. The van der Waals surface area contributed by atoms with E-state index in [2.05, 4.69) is 61.3 Å². The largest absolute Gasteiger partial charge is 0.382 e. The van der Waals surface area contributed by atoms with Gasteiger partial charge in [0.25, 0.3) is 0 Å². The zero-order chi connectivity index (χ0) is 19.9. The van der Waals surface area contributed by atoms with Crippen LogP contribution in [0.5, 0.6) is 0 Å². The Bertz CT molecular complexity index is 1070. The minimum absolute atomic E-state index is 0.164. The summed E-state index contributed by atoms with van der Waals surface area (Å²) in [4.78, 5) is 4.65. The van der Waals surface area contributed by atoms with Crippen LogP contribution in [0.15, 0.2) is 12.3 Å². The van der Waals surface area contributed by atoms with Gasteiger partial charge in [0.05, 0.1) is 16.9 Å². The number of hydrogen-bond donors (Lipinski definition) is 2. The minimum atomic E-state index is 0.164. The van der Waals surface area contributed by atoms with Gasteiger partial charge in [-0.25, -0.2) is 4.98 Å². The van der Waals surface area contributed by atoms with E-state index in [1.807, 2.05) is 6.92 Å². The Morgan fingerprint density at radius 1 is 1.39 bits per heavy atom. The smallest absolute Gasteiger partial charge is 0.163 e. The summed E-state index contributed by atoms with van der Waals surface area (Å²) in [7, 11) is 0. The Morgan fingerprint density at radius 3 is 2.82 bits per heavy atom. The third-order valence-electron chi connectivity index (χ3n) is 5.44. The summed E-state index contributed by atoms with van der Waals surface area (Å²) in [5, 5.41) is 22.9. The highest BCUT2D eigenvalue weighted by molar-refractivity contribution is 9.09. The van der Waals surface area contributed by atoms with Crippen molar-refractivity contribution in [2.75, 3.05) is 22.9 Å². The molecule has 0 atom stereocenters. The molecule has 3 heterocycles. The molecule has 0 spiro atoms. The molecule has 0 saturated heterocycles. The standard InChI is InChI=1S/C19H23BrN8/c1-3-14-12(2)25-28-16(22)15(10-21)17(24-18(14)28)23-8-4-13-5-9-27(26-13)19(11-20)6-7-19/h5,9H,3-4,6-8,11,22H2,1-2H3,(H,23,24). The van der Waals surface area contributed by atoms with Crippen LogP contribution in [-0.4, -0.2) is 36.3 Å². The summed E-state index contributed by atoms with van der Waals surface area (Å²) in [5.74, 6) is 0.815. The topological polar surface area (TPSA) is 110 Å². The molecule has 146 valence electrons. The number of anilines is 2. The lowest BCUT2D eigenvalue weighted by atomic mass is 10.2. The van der Waals surface area contributed by atoms with E-state index in [1.54, 1.807) is 4.52 Å². The van der Waals surface area contributed by atoms with E-state index in [9.17, 15) is 5.26 Å². The van der Waals surface area contributed by atoms with E-state index in [-0.39, 0.29) is 5.54 Å². The van der Waals surface area contributed by atoms with Gasteiger partial charge < -0.3 is 11.1 Å². The first-order valence-electron chi connectivity index (χ1n) is 9.45. The molecule has 8 nitrogen and oxygen atoms in total. The van der Waals surface area contributed by atoms with Crippen LogP contribution in [0.1, 0.15) is 42.3 Å². The molecule has 28 heavy (non-hydrogen) atoms. The van der Waals surface area contributed by atoms with Crippen molar-refractivity contribution in [2.24, 2.45) is 0 Å². The predicted molar refractivity (Wildman–Crippen MR) is 112 cm³/mol. The number of nitrogens with two attached hydrogens (primary N) is 1. The zero-order valence-corrected chi connectivity index (χ0v) is 17.6. The SMILES string of the molecule is CCc1c(C)nn2c(N)c(C#N)c(NCCc3ccn(C4(CBr)CC4)n3)nc12. The molecular formula is C19H23BrN8. The maximum Gasteiger partial charge on any atom is 0.163 e. The molecule has 0 radical (unpaired) electrons. The second kappa shape index (κ2) is 7.09. The zero-order valence-electron chi connectivity index (χ0n) is 16.0. The molecule has 3 N–H and O–H groups in total. The number of halogens is 1. The molecule has 4 rings (SSSR count). The number of nitrogens with one attached hydrogen (secondary N) is 1. The number of rotatable bonds is 7. The van der Waals surface area contributed by atoms with Gasteiger partial charge in [-0.15, -0.1) is 0 Å². The summed E-state index contributed by atoms with van der Waals surface area (Å²) >= 11 is 3.59. The monoisotopic (exact) mass is 442 g/mol. The molecule has 0 aromatic carbocycles. The predicted octanol–water partition coefficient (Wildman–Crippen LogP) is 2.79. The van der Waals surface area contributed by atoms with Gasteiger partial charge in [0.1, 0.15) is 23.3 Å². The average molecular weight is 443 g/mol. The van der Waals surface area contributed by atoms with E-state index in [1.165, 1.54) is 0 Å². The summed E-state index contributed by atoms with van der Waals surface area (Å²) in [5.41, 5.74) is 10.3. The number of fused-ring (bicyclic) bond motifs is 1. The van der Waals surface area contributed by atoms with Crippen molar-refractivity contribution in [3.63, 3.8) is 0 Å². The summed E-state index contributed by atoms with van der Waals surface area (Å²) in [6.45, 7) is 4.61. The van der Waals surface area contributed by atoms with E-state index >= 15 is 0 Å². The van der Waals surface area contributed by atoms with Crippen molar-refractivity contribution in [1.29, 1.82) is 5.26 Å². The van der Waals surface area contributed by atoms with Crippen LogP contribution in [0.2, 0.25) is 0 Å². The fourth-order valence-corrected chi connectivity index (χ4v) is 4.33. The number of alkyl halides is 1. The van der Waals surface area contributed by atoms with Gasteiger partial charge >= 0.3 is 0 Å². The van der Waals surface area contributed by atoms with Gasteiger partial charge in [-0.05, 0) is 32.3 Å². The quantitative estimate of drug-likeness (QED) is 0.544. The van der Waals surface area contributed by atoms with Gasteiger partial charge in [-0.1, -0.05) is 22.9 Å². The molecule has 1 aliphatic rings. The van der Waals surface area contributed by atoms with Gasteiger partial charge in [0, 0.05) is 30.1 Å². The van der Waals surface area contributed by atoms with Crippen molar-refractivity contribution in [2.45, 2.75) is 45.1 Å². The number of hydrogen-bond acceptors (Lipinski definition) is 6. The summed E-state index contributed by atoms with van der Waals surface area (Å²) in [6, 6.07) is 4.21. The average Bonchev–Trinajstić information content (AvgIpc) is 3.23.